The van der Waals surface area contributed by atoms with Crippen LogP contribution in [-0.2, 0) is 6.18 Å². The van der Waals surface area contributed by atoms with Gasteiger partial charge in [-0.25, -0.2) is 13.2 Å². The van der Waals surface area contributed by atoms with E-state index in [-0.39, 0.29) is 11.6 Å². The zero-order valence-electron chi connectivity index (χ0n) is 10.3. The number of hydrogen-bond acceptors (Lipinski definition) is 1. The maximum absolute atomic E-state index is 13.1. The first-order chi connectivity index (χ1) is 9.70. The third-order valence-electron chi connectivity index (χ3n) is 2.87. The number of aliphatic hydroxyl groups is 1. The van der Waals surface area contributed by atoms with Gasteiger partial charge in [0.1, 0.15) is 11.9 Å². The first kappa shape index (κ1) is 15.4. The molecule has 0 radical (unpaired) electrons. The molecule has 1 unspecified atom stereocenters. The van der Waals surface area contributed by atoms with E-state index in [4.69, 9.17) is 0 Å². The summed E-state index contributed by atoms with van der Waals surface area (Å²) in [6.07, 6.45) is -6.76. The van der Waals surface area contributed by atoms with Crippen molar-refractivity contribution in [3.63, 3.8) is 0 Å². The Morgan fingerprint density at radius 2 is 1.52 bits per heavy atom. The Hall–Kier alpha value is -2.02. The van der Waals surface area contributed by atoms with Crippen LogP contribution in [0.2, 0.25) is 0 Å². The van der Waals surface area contributed by atoms with Crippen LogP contribution in [0.15, 0.2) is 36.4 Å². The van der Waals surface area contributed by atoms with Crippen molar-refractivity contribution in [2.24, 2.45) is 0 Å². The van der Waals surface area contributed by atoms with Crippen molar-refractivity contribution < 1.29 is 31.4 Å². The van der Waals surface area contributed by atoms with Gasteiger partial charge in [0.2, 0.25) is 0 Å². The van der Waals surface area contributed by atoms with Crippen LogP contribution in [-0.4, -0.2) is 5.11 Å². The van der Waals surface area contributed by atoms with E-state index in [0.29, 0.717) is 12.1 Å². The van der Waals surface area contributed by atoms with Gasteiger partial charge in [-0.05, 0) is 35.4 Å². The van der Waals surface area contributed by atoms with Crippen molar-refractivity contribution in [3.05, 3.63) is 70.5 Å². The molecule has 1 N–H and O–H groups in total. The van der Waals surface area contributed by atoms with Gasteiger partial charge in [-0.1, -0.05) is 12.1 Å². The molecule has 0 aromatic heterocycles. The summed E-state index contributed by atoms with van der Waals surface area (Å²) < 4.78 is 77.4. The molecular formula is C14H8F6O. The molecule has 0 aliphatic heterocycles. The normalized spacial score (nSPS) is 13.3. The summed E-state index contributed by atoms with van der Waals surface area (Å²) in [7, 11) is 0. The lowest BCUT2D eigenvalue weighted by atomic mass is 9.96. The quantitative estimate of drug-likeness (QED) is 0.824. The van der Waals surface area contributed by atoms with Crippen LogP contribution in [0, 0.1) is 17.5 Å². The maximum Gasteiger partial charge on any atom is 0.416 e. The summed E-state index contributed by atoms with van der Waals surface area (Å²) >= 11 is 0. The standard InChI is InChI=1S/C14H8F6O/c15-8-2-3-9(10(6-8)14(18,19)20)13(21)7-1-4-11(16)12(17)5-7/h1-6,13,21H. The fourth-order valence-corrected chi connectivity index (χ4v) is 1.87. The van der Waals surface area contributed by atoms with Gasteiger partial charge in [0.15, 0.2) is 11.6 Å². The Bertz CT molecular complexity index is 665. The van der Waals surface area contributed by atoms with Crippen LogP contribution in [0.3, 0.4) is 0 Å². The molecule has 0 saturated carbocycles. The van der Waals surface area contributed by atoms with Crippen LogP contribution in [0.5, 0.6) is 0 Å². The molecule has 0 aliphatic carbocycles. The smallest absolute Gasteiger partial charge is 0.384 e. The summed E-state index contributed by atoms with van der Waals surface area (Å²) in [5.41, 5.74) is -2.29. The summed E-state index contributed by atoms with van der Waals surface area (Å²) in [4.78, 5) is 0. The van der Waals surface area contributed by atoms with Gasteiger partial charge < -0.3 is 5.11 Å². The van der Waals surface area contributed by atoms with E-state index in [1.54, 1.807) is 0 Å². The second-order valence-electron chi connectivity index (χ2n) is 4.31. The van der Waals surface area contributed by atoms with E-state index in [1.807, 2.05) is 0 Å². The average Bonchev–Trinajstić information content (AvgIpc) is 2.40. The molecule has 1 nitrogen and oxygen atoms in total. The average molecular weight is 306 g/mol. The van der Waals surface area contributed by atoms with Crippen molar-refractivity contribution in [1.29, 1.82) is 0 Å². The van der Waals surface area contributed by atoms with E-state index in [1.165, 1.54) is 0 Å². The summed E-state index contributed by atoms with van der Waals surface area (Å²) in [6.45, 7) is 0. The molecule has 2 aromatic rings. The monoisotopic (exact) mass is 306 g/mol. The molecule has 2 rings (SSSR count). The Morgan fingerprint density at radius 1 is 0.857 bits per heavy atom. The third-order valence-corrected chi connectivity index (χ3v) is 2.87. The minimum absolute atomic E-state index is 0.235. The second kappa shape index (κ2) is 5.40. The van der Waals surface area contributed by atoms with E-state index in [0.717, 1.165) is 18.2 Å². The number of aliphatic hydroxyl groups excluding tert-OH is 1. The predicted octanol–water partition coefficient (Wildman–Crippen LogP) is 4.20. The molecule has 7 heteroatoms. The lowest BCUT2D eigenvalue weighted by Gasteiger charge is -2.18. The molecule has 0 amide bonds. The molecule has 21 heavy (non-hydrogen) atoms. The largest absolute Gasteiger partial charge is 0.416 e. The third kappa shape index (κ3) is 3.18. The molecular weight excluding hydrogens is 298 g/mol. The van der Waals surface area contributed by atoms with Crippen LogP contribution in [0.25, 0.3) is 0 Å². The van der Waals surface area contributed by atoms with E-state index >= 15 is 0 Å². The highest BCUT2D eigenvalue weighted by Gasteiger charge is 2.35. The Morgan fingerprint density at radius 3 is 2.10 bits per heavy atom. The van der Waals surface area contributed by atoms with E-state index in [2.05, 4.69) is 0 Å². The van der Waals surface area contributed by atoms with Crippen LogP contribution < -0.4 is 0 Å². The molecule has 0 saturated heterocycles. The van der Waals surface area contributed by atoms with Gasteiger partial charge in [-0.2, -0.15) is 13.2 Å². The molecule has 0 heterocycles. The minimum atomic E-state index is -4.89. The van der Waals surface area contributed by atoms with Crippen LogP contribution >= 0.6 is 0 Å². The van der Waals surface area contributed by atoms with E-state index in [9.17, 15) is 31.4 Å². The molecule has 112 valence electrons. The van der Waals surface area contributed by atoms with Gasteiger partial charge in [0.05, 0.1) is 5.56 Å². The maximum atomic E-state index is 13.1. The fraction of sp³-hybridized carbons (Fsp3) is 0.143. The fourth-order valence-electron chi connectivity index (χ4n) is 1.87. The first-order valence-electron chi connectivity index (χ1n) is 5.70. The molecule has 0 spiro atoms. The van der Waals surface area contributed by atoms with Gasteiger partial charge >= 0.3 is 6.18 Å². The summed E-state index contributed by atoms with van der Waals surface area (Å²) in [6, 6.07) is 3.96. The minimum Gasteiger partial charge on any atom is -0.384 e. The zero-order valence-corrected chi connectivity index (χ0v) is 10.3. The molecule has 0 fully saturated rings. The molecule has 0 aliphatic rings. The second-order valence-corrected chi connectivity index (χ2v) is 4.31. The number of halogens is 6. The number of alkyl halides is 3. The Kier molecular flexibility index (Phi) is 3.95. The number of rotatable bonds is 2. The lowest BCUT2D eigenvalue weighted by molar-refractivity contribution is -0.139. The van der Waals surface area contributed by atoms with Crippen molar-refractivity contribution in [1.82, 2.24) is 0 Å². The van der Waals surface area contributed by atoms with Crippen LogP contribution in [0.4, 0.5) is 26.3 Å². The van der Waals surface area contributed by atoms with E-state index < -0.39 is 40.9 Å². The number of hydrogen-bond donors (Lipinski definition) is 1. The van der Waals surface area contributed by atoms with Gasteiger partial charge in [-0.3, -0.25) is 0 Å². The lowest BCUT2D eigenvalue weighted by Crippen LogP contribution is -2.13. The molecule has 1 atom stereocenters. The van der Waals surface area contributed by atoms with Crippen molar-refractivity contribution in [3.8, 4) is 0 Å². The SMILES string of the molecule is OC(c1ccc(F)c(F)c1)c1ccc(F)cc1C(F)(F)F. The summed E-state index contributed by atoms with van der Waals surface area (Å²) in [5, 5.41) is 9.93. The highest BCUT2D eigenvalue weighted by atomic mass is 19.4. The van der Waals surface area contributed by atoms with Gasteiger partial charge in [0, 0.05) is 0 Å². The summed E-state index contributed by atoms with van der Waals surface area (Å²) in [5.74, 6) is -3.62. The first-order valence-corrected chi connectivity index (χ1v) is 5.70. The molecule has 0 bridgehead atoms. The van der Waals surface area contributed by atoms with Gasteiger partial charge in [0.25, 0.3) is 0 Å². The number of benzene rings is 2. The Labute approximate surface area is 115 Å². The zero-order chi connectivity index (χ0) is 15.8. The van der Waals surface area contributed by atoms with Crippen molar-refractivity contribution >= 4 is 0 Å². The van der Waals surface area contributed by atoms with Crippen LogP contribution in [0.1, 0.15) is 22.8 Å². The van der Waals surface area contributed by atoms with Crippen molar-refractivity contribution in [2.45, 2.75) is 12.3 Å². The topological polar surface area (TPSA) is 20.2 Å². The predicted molar refractivity (Wildman–Crippen MR) is 61.8 cm³/mol. The highest BCUT2D eigenvalue weighted by molar-refractivity contribution is 5.38. The highest BCUT2D eigenvalue weighted by Crippen LogP contribution is 2.37. The van der Waals surface area contributed by atoms with Gasteiger partial charge in [-0.15, -0.1) is 0 Å². The Balaban J connectivity index is 2.52. The van der Waals surface area contributed by atoms with Crippen molar-refractivity contribution in [2.75, 3.05) is 0 Å². The molecule has 2 aromatic carbocycles.